The molecule has 3 nitrogen and oxygen atoms in total. The topological polar surface area (TPSA) is 63.3 Å². The Kier molecular flexibility index (Phi) is 3.45. The highest BCUT2D eigenvalue weighted by atomic mass is 35.5. The molecule has 2 rings (SSSR count). The minimum Gasteiger partial charge on any atom is -0.478 e. The van der Waals surface area contributed by atoms with E-state index < -0.39 is 5.97 Å². The summed E-state index contributed by atoms with van der Waals surface area (Å²) in [7, 11) is 0. The van der Waals surface area contributed by atoms with Crippen molar-refractivity contribution in [2.75, 3.05) is 5.73 Å². The van der Waals surface area contributed by atoms with Gasteiger partial charge in [0, 0.05) is 21.3 Å². The van der Waals surface area contributed by atoms with Crippen LogP contribution in [-0.4, -0.2) is 11.1 Å². The first-order valence-corrected chi connectivity index (χ1v) is 5.83. The fourth-order valence-electron chi connectivity index (χ4n) is 1.63. The Balaban J connectivity index is 2.58. The van der Waals surface area contributed by atoms with Gasteiger partial charge in [0.25, 0.3) is 0 Å². The Bertz CT molecular complexity index is 626. The van der Waals surface area contributed by atoms with Gasteiger partial charge in [-0.3, -0.25) is 0 Å². The number of hydrogen-bond acceptors (Lipinski definition) is 2. The zero-order valence-corrected chi connectivity index (χ0v) is 10.7. The minimum absolute atomic E-state index is 0.0542. The van der Waals surface area contributed by atoms with Gasteiger partial charge in [-0.15, -0.1) is 0 Å². The van der Waals surface area contributed by atoms with Crippen molar-refractivity contribution >= 4 is 34.9 Å². The third-order valence-electron chi connectivity index (χ3n) is 2.53. The van der Waals surface area contributed by atoms with E-state index in [9.17, 15) is 4.79 Å². The highest BCUT2D eigenvalue weighted by Crippen LogP contribution is 2.31. The quantitative estimate of drug-likeness (QED) is 0.820. The van der Waals surface area contributed by atoms with E-state index in [0.717, 1.165) is 0 Å². The van der Waals surface area contributed by atoms with E-state index in [1.165, 1.54) is 6.07 Å². The number of carboxylic acid groups (broad SMARTS) is 1. The average molecular weight is 282 g/mol. The molecule has 0 atom stereocenters. The van der Waals surface area contributed by atoms with E-state index in [4.69, 9.17) is 34.0 Å². The van der Waals surface area contributed by atoms with E-state index in [-0.39, 0.29) is 11.3 Å². The summed E-state index contributed by atoms with van der Waals surface area (Å²) in [6, 6.07) is 9.80. The molecule has 2 aromatic carbocycles. The standard InChI is InChI=1S/C13H9Cl2NO2/c14-8-2-3-9(11(15)6-8)7-1-4-12(16)10(5-7)13(17)18/h1-6H,16H2,(H,17,18). The van der Waals surface area contributed by atoms with Crippen molar-refractivity contribution in [3.63, 3.8) is 0 Å². The molecule has 0 bridgehead atoms. The molecule has 0 saturated carbocycles. The van der Waals surface area contributed by atoms with Gasteiger partial charge >= 0.3 is 5.97 Å². The zero-order chi connectivity index (χ0) is 13.3. The number of hydrogen-bond donors (Lipinski definition) is 2. The summed E-state index contributed by atoms with van der Waals surface area (Å²) in [4.78, 5) is 11.0. The van der Waals surface area contributed by atoms with Gasteiger partial charge in [0.15, 0.2) is 0 Å². The van der Waals surface area contributed by atoms with Crippen molar-refractivity contribution in [3.8, 4) is 11.1 Å². The summed E-state index contributed by atoms with van der Waals surface area (Å²) < 4.78 is 0. The van der Waals surface area contributed by atoms with E-state index in [1.54, 1.807) is 30.3 Å². The molecule has 2 aromatic rings. The van der Waals surface area contributed by atoms with Crippen LogP contribution in [-0.2, 0) is 0 Å². The van der Waals surface area contributed by atoms with Crippen LogP contribution in [0.3, 0.4) is 0 Å². The summed E-state index contributed by atoms with van der Waals surface area (Å²) in [5.41, 5.74) is 7.26. The normalized spacial score (nSPS) is 10.3. The number of carboxylic acids is 1. The monoisotopic (exact) mass is 281 g/mol. The number of nitrogen functional groups attached to an aromatic ring is 1. The van der Waals surface area contributed by atoms with Crippen molar-refractivity contribution in [2.24, 2.45) is 0 Å². The Labute approximate surface area is 114 Å². The van der Waals surface area contributed by atoms with Gasteiger partial charge in [-0.1, -0.05) is 35.3 Å². The van der Waals surface area contributed by atoms with Gasteiger partial charge in [-0.05, 0) is 29.8 Å². The molecule has 0 aliphatic rings. The number of halogens is 2. The predicted molar refractivity (Wildman–Crippen MR) is 73.3 cm³/mol. The first-order valence-electron chi connectivity index (χ1n) is 5.07. The highest BCUT2D eigenvalue weighted by molar-refractivity contribution is 6.36. The molecular formula is C13H9Cl2NO2. The Morgan fingerprint density at radius 2 is 1.83 bits per heavy atom. The molecular weight excluding hydrogens is 273 g/mol. The first kappa shape index (κ1) is 12.7. The SMILES string of the molecule is Nc1ccc(-c2ccc(Cl)cc2Cl)cc1C(=O)O. The lowest BCUT2D eigenvalue weighted by atomic mass is 10.0. The maximum Gasteiger partial charge on any atom is 0.337 e. The van der Waals surface area contributed by atoms with Gasteiger partial charge in [-0.2, -0.15) is 0 Å². The van der Waals surface area contributed by atoms with E-state index in [0.29, 0.717) is 21.2 Å². The minimum atomic E-state index is -1.07. The van der Waals surface area contributed by atoms with Gasteiger partial charge in [0.1, 0.15) is 0 Å². The lowest BCUT2D eigenvalue weighted by molar-refractivity contribution is 0.0698. The first-order chi connectivity index (χ1) is 8.49. The summed E-state index contributed by atoms with van der Waals surface area (Å²) in [6.45, 7) is 0. The lowest BCUT2D eigenvalue weighted by Crippen LogP contribution is -2.02. The molecule has 0 heterocycles. The second-order valence-electron chi connectivity index (χ2n) is 3.73. The van der Waals surface area contributed by atoms with Crippen LogP contribution in [0.15, 0.2) is 36.4 Å². The fraction of sp³-hybridized carbons (Fsp3) is 0. The lowest BCUT2D eigenvalue weighted by Gasteiger charge is -2.08. The number of benzene rings is 2. The van der Waals surface area contributed by atoms with E-state index in [2.05, 4.69) is 0 Å². The van der Waals surface area contributed by atoms with E-state index >= 15 is 0 Å². The predicted octanol–water partition coefficient (Wildman–Crippen LogP) is 3.94. The molecule has 18 heavy (non-hydrogen) atoms. The van der Waals surface area contributed by atoms with Gasteiger partial charge in [0.2, 0.25) is 0 Å². The van der Waals surface area contributed by atoms with Crippen LogP contribution in [0.5, 0.6) is 0 Å². The molecule has 5 heteroatoms. The molecule has 3 N–H and O–H groups in total. The van der Waals surface area contributed by atoms with Gasteiger partial charge in [0.05, 0.1) is 5.56 Å². The van der Waals surface area contributed by atoms with Crippen LogP contribution in [0.2, 0.25) is 10.0 Å². The number of nitrogens with two attached hydrogens (primary N) is 1. The third-order valence-corrected chi connectivity index (χ3v) is 3.07. The number of rotatable bonds is 2. The fourth-order valence-corrected chi connectivity index (χ4v) is 2.15. The van der Waals surface area contributed by atoms with Crippen molar-refractivity contribution < 1.29 is 9.90 Å². The molecule has 0 amide bonds. The van der Waals surface area contributed by atoms with Crippen LogP contribution >= 0.6 is 23.2 Å². The van der Waals surface area contributed by atoms with Crippen LogP contribution in [0, 0.1) is 0 Å². The highest BCUT2D eigenvalue weighted by Gasteiger charge is 2.11. The molecule has 0 saturated heterocycles. The average Bonchev–Trinajstić information content (AvgIpc) is 2.30. The van der Waals surface area contributed by atoms with Crippen LogP contribution in [0.1, 0.15) is 10.4 Å². The van der Waals surface area contributed by atoms with Crippen LogP contribution in [0.25, 0.3) is 11.1 Å². The van der Waals surface area contributed by atoms with Gasteiger partial charge < -0.3 is 10.8 Å². The van der Waals surface area contributed by atoms with Crippen molar-refractivity contribution in [2.45, 2.75) is 0 Å². The molecule has 0 radical (unpaired) electrons. The summed E-state index contributed by atoms with van der Waals surface area (Å²) >= 11 is 11.9. The van der Waals surface area contributed by atoms with Crippen LogP contribution < -0.4 is 5.73 Å². The number of anilines is 1. The summed E-state index contributed by atoms with van der Waals surface area (Å²) in [6.07, 6.45) is 0. The Morgan fingerprint density at radius 1 is 1.11 bits per heavy atom. The molecule has 0 aliphatic carbocycles. The maximum absolute atomic E-state index is 11.0. The Morgan fingerprint density at radius 3 is 2.44 bits per heavy atom. The summed E-state index contributed by atoms with van der Waals surface area (Å²) in [5.74, 6) is -1.07. The van der Waals surface area contributed by atoms with Crippen molar-refractivity contribution in [1.82, 2.24) is 0 Å². The maximum atomic E-state index is 11.0. The number of carbonyl (C=O) groups is 1. The van der Waals surface area contributed by atoms with Gasteiger partial charge in [-0.25, -0.2) is 4.79 Å². The zero-order valence-electron chi connectivity index (χ0n) is 9.15. The second-order valence-corrected chi connectivity index (χ2v) is 4.57. The third kappa shape index (κ3) is 2.42. The van der Waals surface area contributed by atoms with Crippen LogP contribution in [0.4, 0.5) is 5.69 Å². The number of aromatic carboxylic acids is 1. The molecule has 0 aromatic heterocycles. The molecule has 0 unspecified atom stereocenters. The second kappa shape index (κ2) is 4.88. The molecule has 0 spiro atoms. The van der Waals surface area contributed by atoms with Crippen molar-refractivity contribution in [3.05, 3.63) is 52.0 Å². The smallest absolute Gasteiger partial charge is 0.337 e. The largest absolute Gasteiger partial charge is 0.478 e. The summed E-state index contributed by atoms with van der Waals surface area (Å²) in [5, 5.41) is 10.0. The Hall–Kier alpha value is -1.71. The molecule has 92 valence electrons. The van der Waals surface area contributed by atoms with Crippen molar-refractivity contribution in [1.29, 1.82) is 0 Å². The molecule has 0 fully saturated rings. The molecule has 0 aliphatic heterocycles. The van der Waals surface area contributed by atoms with E-state index in [1.807, 2.05) is 0 Å².